The zero-order valence-corrected chi connectivity index (χ0v) is 12.4. The Kier molecular flexibility index (Phi) is 3.84. The molecule has 2 aromatic carbocycles. The lowest BCUT2D eigenvalue weighted by molar-refractivity contribution is 0.262. The third kappa shape index (κ3) is 2.96. The number of anilines is 2. The van der Waals surface area contributed by atoms with E-state index in [9.17, 15) is 4.79 Å². The van der Waals surface area contributed by atoms with Crippen LogP contribution >= 0.6 is 11.6 Å². The molecule has 0 fully saturated rings. The molecule has 0 aliphatic rings. The molecule has 22 heavy (non-hydrogen) atoms. The molecule has 3 N–H and O–H groups in total. The first kappa shape index (κ1) is 14.2. The minimum absolute atomic E-state index is 0.389. The van der Waals surface area contributed by atoms with Gasteiger partial charge in [0.25, 0.3) is 0 Å². The number of methoxy groups -OCH3 is 1. The van der Waals surface area contributed by atoms with E-state index in [1.54, 1.807) is 36.5 Å². The van der Waals surface area contributed by atoms with Gasteiger partial charge in [0.15, 0.2) is 0 Å². The van der Waals surface area contributed by atoms with Gasteiger partial charge in [-0.25, -0.2) is 4.79 Å². The van der Waals surface area contributed by atoms with Crippen molar-refractivity contribution in [2.45, 2.75) is 0 Å². The van der Waals surface area contributed by atoms with Gasteiger partial charge >= 0.3 is 6.03 Å². The number of aromatic amines is 1. The average molecular weight is 317 g/mol. The van der Waals surface area contributed by atoms with Gasteiger partial charge in [0.1, 0.15) is 5.75 Å². The number of hydrogen-bond acceptors (Lipinski definition) is 3. The number of carbonyl (C=O) groups excluding carboxylic acids is 1. The van der Waals surface area contributed by atoms with Crippen molar-refractivity contribution < 1.29 is 9.53 Å². The molecule has 7 heteroatoms. The number of rotatable bonds is 3. The summed E-state index contributed by atoms with van der Waals surface area (Å²) in [6.45, 7) is 0. The van der Waals surface area contributed by atoms with Gasteiger partial charge in [-0.2, -0.15) is 5.10 Å². The first-order chi connectivity index (χ1) is 10.7. The van der Waals surface area contributed by atoms with E-state index in [4.69, 9.17) is 16.3 Å². The van der Waals surface area contributed by atoms with E-state index < -0.39 is 0 Å². The minimum atomic E-state index is -0.389. The fourth-order valence-electron chi connectivity index (χ4n) is 2.08. The molecular formula is C15H13ClN4O2. The van der Waals surface area contributed by atoms with E-state index in [1.165, 1.54) is 7.11 Å². The van der Waals surface area contributed by atoms with Crippen LogP contribution in [0.3, 0.4) is 0 Å². The molecule has 0 radical (unpaired) electrons. The third-order valence-corrected chi connectivity index (χ3v) is 3.34. The Hall–Kier alpha value is -2.73. The van der Waals surface area contributed by atoms with Crippen LogP contribution in [0.25, 0.3) is 10.9 Å². The van der Waals surface area contributed by atoms with Crippen LogP contribution in [0.5, 0.6) is 5.75 Å². The van der Waals surface area contributed by atoms with Crippen LogP contribution in [-0.4, -0.2) is 23.3 Å². The molecule has 0 saturated carbocycles. The minimum Gasteiger partial charge on any atom is -0.495 e. The van der Waals surface area contributed by atoms with Crippen LogP contribution in [0.1, 0.15) is 0 Å². The molecule has 3 aromatic rings. The summed E-state index contributed by atoms with van der Waals surface area (Å²) in [4.78, 5) is 12.1. The van der Waals surface area contributed by atoms with Crippen molar-refractivity contribution in [3.8, 4) is 5.75 Å². The zero-order valence-electron chi connectivity index (χ0n) is 11.7. The Labute approximate surface area is 131 Å². The van der Waals surface area contributed by atoms with Crippen molar-refractivity contribution in [2.24, 2.45) is 0 Å². The Balaban J connectivity index is 1.76. The van der Waals surface area contributed by atoms with Crippen molar-refractivity contribution >= 4 is 39.9 Å². The number of aromatic nitrogens is 2. The highest BCUT2D eigenvalue weighted by Gasteiger charge is 2.09. The van der Waals surface area contributed by atoms with Crippen LogP contribution in [0.15, 0.2) is 42.6 Å². The van der Waals surface area contributed by atoms with E-state index in [-0.39, 0.29) is 6.03 Å². The van der Waals surface area contributed by atoms with Crippen molar-refractivity contribution in [1.29, 1.82) is 0 Å². The molecule has 6 nitrogen and oxygen atoms in total. The molecule has 0 bridgehead atoms. The lowest BCUT2D eigenvalue weighted by Gasteiger charge is -2.11. The van der Waals surface area contributed by atoms with Crippen molar-refractivity contribution in [3.63, 3.8) is 0 Å². The van der Waals surface area contributed by atoms with Crippen LogP contribution < -0.4 is 15.4 Å². The summed E-state index contributed by atoms with van der Waals surface area (Å²) in [7, 11) is 1.53. The molecular weight excluding hydrogens is 304 g/mol. The Morgan fingerprint density at radius 3 is 2.91 bits per heavy atom. The Bertz CT molecular complexity index is 831. The van der Waals surface area contributed by atoms with Crippen molar-refractivity contribution in [1.82, 2.24) is 10.2 Å². The van der Waals surface area contributed by atoms with E-state index in [2.05, 4.69) is 20.8 Å². The number of ether oxygens (including phenoxy) is 1. The van der Waals surface area contributed by atoms with E-state index in [1.807, 2.05) is 6.07 Å². The molecule has 0 unspecified atom stereocenters. The molecule has 112 valence electrons. The number of carbonyl (C=O) groups is 1. The number of nitrogens with zero attached hydrogens (tertiary/aromatic N) is 1. The lowest BCUT2D eigenvalue weighted by atomic mass is 10.2. The van der Waals surface area contributed by atoms with Crippen LogP contribution in [0.2, 0.25) is 5.02 Å². The highest BCUT2D eigenvalue weighted by atomic mass is 35.5. The number of fused-ring (bicyclic) bond motifs is 1. The second-order valence-corrected chi connectivity index (χ2v) is 5.03. The smallest absolute Gasteiger partial charge is 0.323 e. The van der Waals surface area contributed by atoms with Gasteiger partial charge in [-0.3, -0.25) is 5.10 Å². The summed E-state index contributed by atoms with van der Waals surface area (Å²) in [5.74, 6) is 0.531. The number of benzene rings is 2. The first-order valence-electron chi connectivity index (χ1n) is 6.50. The lowest BCUT2D eigenvalue weighted by Crippen LogP contribution is -2.19. The highest BCUT2D eigenvalue weighted by molar-refractivity contribution is 6.31. The second-order valence-electron chi connectivity index (χ2n) is 4.60. The third-order valence-electron chi connectivity index (χ3n) is 3.11. The molecule has 0 spiro atoms. The van der Waals surface area contributed by atoms with E-state index in [0.717, 1.165) is 10.9 Å². The summed E-state index contributed by atoms with van der Waals surface area (Å²) in [6.07, 6.45) is 1.72. The molecule has 0 atom stereocenters. The summed E-state index contributed by atoms with van der Waals surface area (Å²) in [5, 5.41) is 13.7. The van der Waals surface area contributed by atoms with Crippen LogP contribution in [0.4, 0.5) is 16.2 Å². The fourth-order valence-corrected chi connectivity index (χ4v) is 2.25. The van der Waals surface area contributed by atoms with Gasteiger partial charge in [0.05, 0.1) is 24.5 Å². The van der Waals surface area contributed by atoms with Crippen molar-refractivity contribution in [3.05, 3.63) is 47.6 Å². The van der Waals surface area contributed by atoms with Gasteiger partial charge in [-0.1, -0.05) is 11.6 Å². The Morgan fingerprint density at radius 2 is 2.09 bits per heavy atom. The first-order valence-corrected chi connectivity index (χ1v) is 6.88. The number of nitrogens with one attached hydrogen (secondary N) is 3. The van der Waals surface area contributed by atoms with Crippen LogP contribution in [-0.2, 0) is 0 Å². The van der Waals surface area contributed by atoms with Gasteiger partial charge < -0.3 is 15.4 Å². The predicted molar refractivity (Wildman–Crippen MR) is 86.7 cm³/mol. The SMILES string of the molecule is COc1ccc(Cl)cc1NC(=O)Nc1ccc2cn[nH]c2c1. The molecule has 0 aliphatic carbocycles. The maximum Gasteiger partial charge on any atom is 0.323 e. The topological polar surface area (TPSA) is 79.0 Å². The largest absolute Gasteiger partial charge is 0.495 e. The van der Waals surface area contributed by atoms with Gasteiger partial charge in [0.2, 0.25) is 0 Å². The number of urea groups is 1. The van der Waals surface area contributed by atoms with E-state index >= 15 is 0 Å². The highest BCUT2D eigenvalue weighted by Crippen LogP contribution is 2.27. The average Bonchev–Trinajstić information content (AvgIpc) is 2.95. The molecule has 2 amide bonds. The molecule has 1 aromatic heterocycles. The molecule has 0 aliphatic heterocycles. The van der Waals surface area contributed by atoms with Gasteiger partial charge in [0, 0.05) is 16.1 Å². The van der Waals surface area contributed by atoms with Gasteiger partial charge in [-0.15, -0.1) is 0 Å². The number of amides is 2. The molecule has 1 heterocycles. The maximum absolute atomic E-state index is 12.1. The predicted octanol–water partition coefficient (Wildman–Crippen LogP) is 3.87. The number of hydrogen-bond donors (Lipinski definition) is 3. The quantitative estimate of drug-likeness (QED) is 0.686. The summed E-state index contributed by atoms with van der Waals surface area (Å²) < 4.78 is 5.18. The monoisotopic (exact) mass is 316 g/mol. The summed E-state index contributed by atoms with van der Waals surface area (Å²) >= 11 is 5.93. The van der Waals surface area contributed by atoms with Crippen LogP contribution in [0, 0.1) is 0 Å². The zero-order chi connectivity index (χ0) is 15.5. The standard InChI is InChI=1S/C15H13ClN4O2/c1-22-14-5-3-10(16)6-13(14)19-15(21)18-11-4-2-9-8-17-20-12(9)7-11/h2-8H,1H3,(H,17,20)(H2,18,19,21). The molecule has 0 saturated heterocycles. The van der Waals surface area contributed by atoms with Crippen molar-refractivity contribution in [2.75, 3.05) is 17.7 Å². The number of H-pyrrole nitrogens is 1. The van der Waals surface area contributed by atoms with E-state index in [0.29, 0.717) is 22.1 Å². The normalized spacial score (nSPS) is 10.5. The second kappa shape index (κ2) is 5.95. The maximum atomic E-state index is 12.1. The molecule has 3 rings (SSSR count). The summed E-state index contributed by atoms with van der Waals surface area (Å²) in [5.41, 5.74) is 1.99. The Morgan fingerprint density at radius 1 is 1.23 bits per heavy atom. The summed E-state index contributed by atoms with van der Waals surface area (Å²) in [6, 6.07) is 10.1. The van der Waals surface area contributed by atoms with Gasteiger partial charge in [-0.05, 0) is 36.4 Å². The number of halogens is 1. The fraction of sp³-hybridized carbons (Fsp3) is 0.0667.